The van der Waals surface area contributed by atoms with Gasteiger partial charge in [-0.3, -0.25) is 9.52 Å². The molecular formula is C20H15F4N5O4S. The Kier molecular flexibility index (Phi) is 5.70. The number of nitriles is 1. The summed E-state index contributed by atoms with van der Waals surface area (Å²) in [6, 6.07) is 7.56. The Morgan fingerprint density at radius 3 is 2.59 bits per heavy atom. The molecule has 9 nitrogen and oxygen atoms in total. The van der Waals surface area contributed by atoms with Crippen molar-refractivity contribution in [2.75, 3.05) is 17.8 Å². The monoisotopic (exact) mass is 497 g/mol. The van der Waals surface area contributed by atoms with Crippen molar-refractivity contribution in [3.63, 3.8) is 0 Å². The van der Waals surface area contributed by atoms with E-state index in [1.54, 1.807) is 6.07 Å². The Hall–Kier alpha value is -3.70. The zero-order valence-corrected chi connectivity index (χ0v) is 18.1. The summed E-state index contributed by atoms with van der Waals surface area (Å²) < 4.78 is 86.8. The number of hydrogen-bond donors (Lipinski definition) is 1. The van der Waals surface area contributed by atoms with Crippen molar-refractivity contribution in [2.24, 2.45) is 13.0 Å². The van der Waals surface area contributed by atoms with Gasteiger partial charge in [0.05, 0.1) is 28.8 Å². The maximum Gasteiger partial charge on any atom is 0.394 e. The molecule has 2 aromatic carbocycles. The molecule has 0 aliphatic carbocycles. The van der Waals surface area contributed by atoms with Crippen LogP contribution in [0.15, 0.2) is 41.5 Å². The summed E-state index contributed by atoms with van der Waals surface area (Å²) in [5.74, 6) is -3.44. The van der Waals surface area contributed by atoms with Crippen LogP contribution in [0.1, 0.15) is 5.56 Å². The number of hydrogen-bond acceptors (Lipinski definition) is 6. The molecule has 1 aliphatic heterocycles. The highest BCUT2D eigenvalue weighted by molar-refractivity contribution is 7.90. The van der Waals surface area contributed by atoms with Crippen LogP contribution in [0.2, 0.25) is 0 Å². The number of rotatable bonds is 5. The Morgan fingerprint density at radius 2 is 1.94 bits per heavy atom. The molecule has 0 saturated carbocycles. The fourth-order valence-electron chi connectivity index (χ4n) is 3.27. The van der Waals surface area contributed by atoms with Crippen molar-refractivity contribution in [3.8, 4) is 17.6 Å². The highest BCUT2D eigenvalue weighted by Crippen LogP contribution is 2.37. The summed E-state index contributed by atoms with van der Waals surface area (Å²) in [6.45, 7) is -1.54. The maximum absolute atomic E-state index is 14.5. The van der Waals surface area contributed by atoms with E-state index < -0.39 is 58.1 Å². The Bertz CT molecular complexity index is 1490. The largest absolute Gasteiger partial charge is 0.453 e. The quantitative estimate of drug-likeness (QED) is 0.542. The van der Waals surface area contributed by atoms with Crippen LogP contribution in [0.3, 0.4) is 0 Å². The molecule has 0 atom stereocenters. The van der Waals surface area contributed by atoms with E-state index in [1.807, 2.05) is 4.72 Å². The first-order chi connectivity index (χ1) is 15.9. The van der Waals surface area contributed by atoms with Gasteiger partial charge in [0.2, 0.25) is 0 Å². The second-order valence-electron chi connectivity index (χ2n) is 7.52. The van der Waals surface area contributed by atoms with Gasteiger partial charge in [0.1, 0.15) is 17.4 Å². The predicted molar refractivity (Wildman–Crippen MR) is 112 cm³/mol. The fourth-order valence-corrected chi connectivity index (χ4v) is 4.60. The second kappa shape index (κ2) is 8.26. The minimum absolute atomic E-state index is 0.0243. The van der Waals surface area contributed by atoms with E-state index in [4.69, 9.17) is 4.74 Å². The summed E-state index contributed by atoms with van der Waals surface area (Å²) >= 11 is 0. The first-order valence-electron chi connectivity index (χ1n) is 9.61. The second-order valence-corrected chi connectivity index (χ2v) is 9.19. The molecule has 2 heterocycles. The summed E-state index contributed by atoms with van der Waals surface area (Å²) in [7, 11) is -2.96. The molecule has 1 aromatic heterocycles. The predicted octanol–water partition coefficient (Wildman–Crippen LogP) is 2.89. The highest BCUT2D eigenvalue weighted by atomic mass is 32.2. The third-order valence-electron chi connectivity index (χ3n) is 5.22. The average molecular weight is 497 g/mol. The molecule has 1 N–H and O–H groups in total. The molecular weight excluding hydrogens is 482 g/mol. The number of aromatic nitrogens is 2. The van der Waals surface area contributed by atoms with Crippen molar-refractivity contribution in [2.45, 2.75) is 6.18 Å². The van der Waals surface area contributed by atoms with Crippen molar-refractivity contribution in [1.82, 2.24) is 13.9 Å². The number of nitrogens with one attached hydrogen (secondary N) is 1. The van der Waals surface area contributed by atoms with Crippen LogP contribution in [0.5, 0.6) is 11.5 Å². The number of alkyl halides is 3. The van der Waals surface area contributed by atoms with Crippen LogP contribution in [-0.2, 0) is 17.3 Å². The molecule has 1 saturated heterocycles. The lowest BCUT2D eigenvalue weighted by Crippen LogP contribution is -2.56. The smallest absolute Gasteiger partial charge is 0.394 e. The van der Waals surface area contributed by atoms with Gasteiger partial charge >= 0.3 is 16.4 Å². The van der Waals surface area contributed by atoms with Crippen molar-refractivity contribution in [3.05, 3.63) is 58.4 Å². The van der Waals surface area contributed by atoms with Gasteiger partial charge in [0, 0.05) is 20.1 Å². The van der Waals surface area contributed by atoms with Crippen molar-refractivity contribution < 1.29 is 30.7 Å². The van der Waals surface area contributed by atoms with Gasteiger partial charge in [-0.15, -0.1) is 0 Å². The van der Waals surface area contributed by atoms with Gasteiger partial charge in [0.15, 0.2) is 11.6 Å². The lowest BCUT2D eigenvalue weighted by atomic mass is 10.0. The van der Waals surface area contributed by atoms with Gasteiger partial charge in [-0.1, -0.05) is 0 Å². The van der Waals surface area contributed by atoms with Crippen LogP contribution in [0.25, 0.3) is 10.9 Å². The van der Waals surface area contributed by atoms with E-state index in [2.05, 4.69) is 4.98 Å². The first-order valence-corrected chi connectivity index (χ1v) is 11.0. The summed E-state index contributed by atoms with van der Waals surface area (Å²) in [5, 5.41) is 9.71. The zero-order chi connectivity index (χ0) is 24.8. The Balaban J connectivity index is 1.64. The summed E-state index contributed by atoms with van der Waals surface area (Å²) in [5.41, 5.74) is -0.960. The van der Waals surface area contributed by atoms with E-state index >= 15 is 0 Å². The molecule has 3 aromatic rings. The van der Waals surface area contributed by atoms with Crippen LogP contribution in [0.4, 0.5) is 23.2 Å². The van der Waals surface area contributed by atoms with Crippen molar-refractivity contribution in [1.29, 1.82) is 5.26 Å². The summed E-state index contributed by atoms with van der Waals surface area (Å²) in [6.07, 6.45) is -3.21. The Morgan fingerprint density at radius 1 is 1.24 bits per heavy atom. The van der Waals surface area contributed by atoms with E-state index in [0.717, 1.165) is 12.1 Å². The van der Waals surface area contributed by atoms with Gasteiger partial charge in [0.25, 0.3) is 5.56 Å². The number of fused-ring (bicyclic) bond motifs is 1. The molecule has 0 unspecified atom stereocenters. The molecule has 0 radical (unpaired) electrons. The molecule has 1 fully saturated rings. The Labute approximate surface area is 190 Å². The van der Waals surface area contributed by atoms with Crippen LogP contribution >= 0.6 is 0 Å². The highest BCUT2D eigenvalue weighted by Gasteiger charge is 2.50. The standard InChI is InChI=1S/C20H15F4N5O4S/c1-28-10-26-16-4-2-12(6-13(16)19(28)30)33-18-14(7-25)17(5-3-15(18)21)27-34(31,32)29-8-11(9-29)20(22,23)24/h2-6,10-11,27H,8-9H2,1H3. The molecule has 0 amide bonds. The molecule has 34 heavy (non-hydrogen) atoms. The van der Waals surface area contributed by atoms with Crippen LogP contribution < -0.4 is 15.0 Å². The number of ether oxygens (including phenoxy) is 1. The maximum atomic E-state index is 14.5. The summed E-state index contributed by atoms with van der Waals surface area (Å²) in [4.78, 5) is 16.4. The molecule has 1 aliphatic rings. The number of benzene rings is 2. The van der Waals surface area contributed by atoms with E-state index in [0.29, 0.717) is 9.82 Å². The first kappa shape index (κ1) is 23.5. The van der Waals surface area contributed by atoms with E-state index in [-0.39, 0.29) is 16.8 Å². The van der Waals surface area contributed by atoms with Gasteiger partial charge in [-0.25, -0.2) is 9.37 Å². The minimum Gasteiger partial charge on any atom is -0.453 e. The number of halogens is 4. The lowest BCUT2D eigenvalue weighted by Gasteiger charge is -2.38. The zero-order valence-electron chi connectivity index (χ0n) is 17.3. The number of aryl methyl sites for hydroxylation is 1. The molecule has 14 heteroatoms. The fraction of sp³-hybridized carbons (Fsp3) is 0.250. The third-order valence-corrected chi connectivity index (χ3v) is 6.68. The normalized spacial score (nSPS) is 15.1. The van der Waals surface area contributed by atoms with Gasteiger partial charge < -0.3 is 9.30 Å². The van der Waals surface area contributed by atoms with Gasteiger partial charge in [-0.05, 0) is 30.3 Å². The average Bonchev–Trinajstić information content (AvgIpc) is 2.71. The molecule has 0 spiro atoms. The third kappa shape index (κ3) is 4.27. The lowest BCUT2D eigenvalue weighted by molar-refractivity contribution is -0.198. The van der Waals surface area contributed by atoms with Crippen LogP contribution in [0, 0.1) is 23.1 Å². The van der Waals surface area contributed by atoms with Crippen LogP contribution in [-0.4, -0.2) is 41.5 Å². The number of anilines is 1. The topological polar surface area (TPSA) is 117 Å². The van der Waals surface area contributed by atoms with E-state index in [9.17, 15) is 36.0 Å². The number of nitrogens with zero attached hydrogens (tertiary/aromatic N) is 4. The van der Waals surface area contributed by atoms with Crippen molar-refractivity contribution >= 4 is 26.8 Å². The molecule has 178 valence electrons. The minimum atomic E-state index is -4.53. The van der Waals surface area contributed by atoms with E-state index in [1.165, 1.54) is 36.1 Å². The SMILES string of the molecule is Cn1cnc2ccc(Oc3c(F)ccc(NS(=O)(=O)N4CC(C(F)(F)F)C4)c3C#N)cc2c1=O. The molecule has 0 bridgehead atoms. The molecule has 4 rings (SSSR count). The van der Waals surface area contributed by atoms with Gasteiger partial charge in [-0.2, -0.15) is 31.2 Å².